The fourth-order valence-electron chi connectivity index (χ4n) is 5.12. The Morgan fingerprint density at radius 2 is 1.48 bits per heavy atom. The van der Waals surface area contributed by atoms with Gasteiger partial charge in [-0.05, 0) is 84.9 Å². The van der Waals surface area contributed by atoms with Gasteiger partial charge < -0.3 is 30.7 Å². The van der Waals surface area contributed by atoms with Crippen LogP contribution in [0.5, 0.6) is 0 Å². The standard InChI is InChI=1S/C35H48N4O7/c1-21-14-17-25(22(2)18-21)29(30(41)37-27(32(43)45-34(3,4)5)19-23-12-10-9-11-13-23)39(24-15-16-24)31(42)26(20-28(36)40)38-33(44)46-35(6,7)8/h9-14,17-18,24,26-27,29H,15-16,19-20H2,1-8H3,(H2,36,40)(H,37,41)(H,38,44). The zero-order valence-electron chi connectivity index (χ0n) is 28.1. The molecule has 2 aromatic carbocycles. The minimum atomic E-state index is -1.39. The first-order valence-electron chi connectivity index (χ1n) is 15.6. The van der Waals surface area contributed by atoms with E-state index in [-0.39, 0.29) is 12.5 Å². The summed E-state index contributed by atoms with van der Waals surface area (Å²) in [7, 11) is 0. The number of alkyl carbamates (subject to hydrolysis) is 1. The molecule has 3 unspecified atom stereocenters. The highest BCUT2D eigenvalue weighted by Crippen LogP contribution is 2.37. The Morgan fingerprint density at radius 1 is 0.870 bits per heavy atom. The Morgan fingerprint density at radius 3 is 2.00 bits per heavy atom. The fraction of sp³-hybridized carbons (Fsp3) is 0.514. The molecule has 1 aliphatic carbocycles. The first-order valence-corrected chi connectivity index (χ1v) is 15.6. The van der Waals surface area contributed by atoms with Crippen LogP contribution in [0.15, 0.2) is 48.5 Å². The lowest BCUT2D eigenvalue weighted by molar-refractivity contribution is -0.159. The number of nitrogens with two attached hydrogens (primary N) is 1. The van der Waals surface area contributed by atoms with Gasteiger partial charge in [0.25, 0.3) is 0 Å². The van der Waals surface area contributed by atoms with Crippen molar-refractivity contribution in [1.82, 2.24) is 15.5 Å². The zero-order chi connectivity index (χ0) is 34.4. The topological polar surface area (TPSA) is 157 Å². The van der Waals surface area contributed by atoms with E-state index in [2.05, 4.69) is 10.6 Å². The second-order valence-electron chi connectivity index (χ2n) is 13.9. The van der Waals surface area contributed by atoms with E-state index in [0.29, 0.717) is 18.4 Å². The SMILES string of the molecule is Cc1ccc(C(C(=O)NC(Cc2ccccc2)C(=O)OC(C)(C)C)N(C(=O)C(CC(N)=O)NC(=O)OC(C)(C)C)C2CC2)c(C)c1. The van der Waals surface area contributed by atoms with Gasteiger partial charge in [-0.25, -0.2) is 9.59 Å². The molecule has 0 bridgehead atoms. The van der Waals surface area contributed by atoms with Crippen LogP contribution in [0.1, 0.15) is 89.1 Å². The Hall–Kier alpha value is -4.41. The van der Waals surface area contributed by atoms with Crippen molar-refractivity contribution >= 4 is 29.8 Å². The lowest BCUT2D eigenvalue weighted by Gasteiger charge is -2.36. The number of ether oxygens (including phenoxy) is 2. The number of rotatable bonds is 12. The average Bonchev–Trinajstić information content (AvgIpc) is 3.74. The smallest absolute Gasteiger partial charge is 0.408 e. The van der Waals surface area contributed by atoms with E-state index in [9.17, 15) is 24.0 Å². The van der Waals surface area contributed by atoms with Gasteiger partial charge in [-0.3, -0.25) is 14.4 Å². The van der Waals surface area contributed by atoms with Crippen molar-refractivity contribution in [3.63, 3.8) is 0 Å². The Kier molecular flexibility index (Phi) is 11.6. The van der Waals surface area contributed by atoms with E-state index in [1.807, 2.05) is 56.3 Å². The monoisotopic (exact) mass is 636 g/mol. The highest BCUT2D eigenvalue weighted by Gasteiger charge is 2.45. The van der Waals surface area contributed by atoms with E-state index in [4.69, 9.17) is 15.2 Å². The molecule has 1 saturated carbocycles. The second kappa shape index (κ2) is 14.8. The molecular formula is C35H48N4O7. The Bertz CT molecular complexity index is 1420. The lowest BCUT2D eigenvalue weighted by Crippen LogP contribution is -2.56. The molecule has 0 spiro atoms. The van der Waals surface area contributed by atoms with Crippen molar-refractivity contribution in [1.29, 1.82) is 0 Å². The molecule has 250 valence electrons. The summed E-state index contributed by atoms with van der Waals surface area (Å²) in [5.41, 5.74) is 6.89. The number of esters is 1. The first kappa shape index (κ1) is 36.1. The summed E-state index contributed by atoms with van der Waals surface area (Å²) in [6.07, 6.45) is -0.0334. The highest BCUT2D eigenvalue weighted by atomic mass is 16.6. The molecule has 1 aliphatic rings. The van der Waals surface area contributed by atoms with Crippen LogP contribution < -0.4 is 16.4 Å². The largest absolute Gasteiger partial charge is 0.458 e. The predicted molar refractivity (Wildman–Crippen MR) is 173 cm³/mol. The molecule has 46 heavy (non-hydrogen) atoms. The van der Waals surface area contributed by atoms with Crippen LogP contribution in [0.4, 0.5) is 4.79 Å². The van der Waals surface area contributed by atoms with Crippen LogP contribution in [-0.2, 0) is 35.1 Å². The number of amides is 4. The minimum absolute atomic E-state index is 0.156. The van der Waals surface area contributed by atoms with Crippen LogP contribution in [-0.4, -0.2) is 64.0 Å². The molecule has 0 radical (unpaired) electrons. The van der Waals surface area contributed by atoms with E-state index < -0.39 is 65.5 Å². The maximum absolute atomic E-state index is 14.5. The van der Waals surface area contributed by atoms with Crippen LogP contribution in [0.3, 0.4) is 0 Å². The van der Waals surface area contributed by atoms with Gasteiger partial charge in [0, 0.05) is 12.5 Å². The van der Waals surface area contributed by atoms with Crippen molar-refractivity contribution in [2.75, 3.05) is 0 Å². The van der Waals surface area contributed by atoms with Gasteiger partial charge in [0.2, 0.25) is 17.7 Å². The molecule has 0 aromatic heterocycles. The van der Waals surface area contributed by atoms with E-state index >= 15 is 0 Å². The molecule has 2 aromatic rings. The maximum atomic E-state index is 14.5. The number of nitrogens with zero attached hydrogens (tertiary/aromatic N) is 1. The number of nitrogens with one attached hydrogen (secondary N) is 2. The molecule has 0 heterocycles. The van der Waals surface area contributed by atoms with E-state index in [1.165, 1.54) is 4.90 Å². The third-order valence-electron chi connectivity index (χ3n) is 7.13. The molecule has 4 amide bonds. The first-order chi connectivity index (χ1) is 21.3. The van der Waals surface area contributed by atoms with Gasteiger partial charge in [-0.15, -0.1) is 0 Å². The fourth-order valence-corrected chi connectivity index (χ4v) is 5.12. The lowest BCUT2D eigenvalue weighted by atomic mass is 9.95. The van der Waals surface area contributed by atoms with Gasteiger partial charge >= 0.3 is 12.1 Å². The van der Waals surface area contributed by atoms with Crippen molar-refractivity contribution in [2.24, 2.45) is 5.73 Å². The average molecular weight is 637 g/mol. The van der Waals surface area contributed by atoms with Crippen molar-refractivity contribution < 1.29 is 33.4 Å². The number of carbonyl (C=O) groups is 5. The van der Waals surface area contributed by atoms with Crippen molar-refractivity contribution in [3.05, 3.63) is 70.8 Å². The maximum Gasteiger partial charge on any atom is 0.408 e. The quantitative estimate of drug-likeness (QED) is 0.295. The summed E-state index contributed by atoms with van der Waals surface area (Å²) in [6.45, 7) is 14.0. The van der Waals surface area contributed by atoms with Gasteiger partial charge in [0.1, 0.15) is 29.3 Å². The number of hydrogen-bond acceptors (Lipinski definition) is 7. The zero-order valence-corrected chi connectivity index (χ0v) is 28.1. The Labute approximate surface area is 271 Å². The third kappa shape index (κ3) is 10.9. The molecule has 11 nitrogen and oxygen atoms in total. The molecular weight excluding hydrogens is 588 g/mol. The number of hydrogen-bond donors (Lipinski definition) is 3. The molecule has 0 saturated heterocycles. The molecule has 3 atom stereocenters. The summed E-state index contributed by atoms with van der Waals surface area (Å²) < 4.78 is 11.0. The van der Waals surface area contributed by atoms with Crippen LogP contribution in [0.2, 0.25) is 0 Å². The Balaban J connectivity index is 2.07. The summed E-state index contributed by atoms with van der Waals surface area (Å²) in [5, 5.41) is 5.38. The van der Waals surface area contributed by atoms with E-state index in [1.54, 1.807) is 47.6 Å². The van der Waals surface area contributed by atoms with Crippen LogP contribution in [0, 0.1) is 13.8 Å². The molecule has 0 aliphatic heterocycles. The summed E-state index contributed by atoms with van der Waals surface area (Å²) in [6, 6.07) is 10.7. The van der Waals surface area contributed by atoms with Gasteiger partial charge in [0.05, 0.1) is 6.42 Å². The number of aryl methyl sites for hydroxylation is 2. The normalized spacial score (nSPS) is 15.1. The molecule has 1 fully saturated rings. The summed E-state index contributed by atoms with van der Waals surface area (Å²) in [5.74, 6) is -2.70. The van der Waals surface area contributed by atoms with Gasteiger partial charge in [-0.1, -0.05) is 54.1 Å². The molecule has 11 heteroatoms. The number of benzene rings is 2. The predicted octanol–water partition coefficient (Wildman–Crippen LogP) is 4.17. The highest BCUT2D eigenvalue weighted by molar-refractivity contribution is 5.96. The third-order valence-corrected chi connectivity index (χ3v) is 7.13. The molecule has 4 N–H and O–H groups in total. The van der Waals surface area contributed by atoms with E-state index in [0.717, 1.165) is 16.7 Å². The van der Waals surface area contributed by atoms with Crippen LogP contribution in [0.25, 0.3) is 0 Å². The number of carbonyl (C=O) groups excluding carboxylic acids is 5. The van der Waals surface area contributed by atoms with Crippen LogP contribution >= 0.6 is 0 Å². The van der Waals surface area contributed by atoms with Gasteiger partial charge in [-0.2, -0.15) is 0 Å². The second-order valence-corrected chi connectivity index (χ2v) is 13.9. The molecule has 3 rings (SSSR count). The summed E-state index contributed by atoms with van der Waals surface area (Å²) in [4.78, 5) is 68.5. The van der Waals surface area contributed by atoms with Gasteiger partial charge in [0.15, 0.2) is 0 Å². The number of primary amides is 1. The van der Waals surface area contributed by atoms with Crippen molar-refractivity contribution in [3.8, 4) is 0 Å². The summed E-state index contributed by atoms with van der Waals surface area (Å²) >= 11 is 0. The van der Waals surface area contributed by atoms with Crippen molar-refractivity contribution in [2.45, 2.75) is 116 Å². The minimum Gasteiger partial charge on any atom is -0.458 e.